The van der Waals surface area contributed by atoms with E-state index >= 15 is 0 Å². The second-order valence-corrected chi connectivity index (χ2v) is 7.47. The predicted octanol–water partition coefficient (Wildman–Crippen LogP) is 2.95. The zero-order valence-corrected chi connectivity index (χ0v) is 13.8. The lowest BCUT2D eigenvalue weighted by Crippen LogP contribution is -2.04. The number of fused-ring (bicyclic) bond motifs is 1. The Kier molecular flexibility index (Phi) is 4.00. The molecule has 3 aromatic rings. The van der Waals surface area contributed by atoms with Crippen molar-refractivity contribution in [2.45, 2.75) is 18.4 Å². The molecular weight excluding hydrogens is 310 g/mol. The van der Waals surface area contributed by atoms with Gasteiger partial charge in [0.1, 0.15) is 12.1 Å². The Labute approximate surface area is 135 Å². The topological polar surface area (TPSA) is 72.0 Å². The molecule has 1 N–H and O–H groups in total. The second-order valence-electron chi connectivity index (χ2n) is 5.45. The Morgan fingerprint density at radius 3 is 2.61 bits per heavy atom. The van der Waals surface area contributed by atoms with Gasteiger partial charge in [0.2, 0.25) is 0 Å². The van der Waals surface area contributed by atoms with E-state index in [0.717, 1.165) is 0 Å². The SMILES string of the molecule is Cc1ccccc1CNc1ncnc2ccc(S(C)(=O)=O)cc12. The van der Waals surface area contributed by atoms with Crippen LogP contribution >= 0.6 is 0 Å². The minimum Gasteiger partial charge on any atom is -0.365 e. The molecule has 0 aliphatic carbocycles. The fourth-order valence-corrected chi connectivity index (χ4v) is 3.04. The van der Waals surface area contributed by atoms with E-state index in [1.165, 1.54) is 23.7 Å². The summed E-state index contributed by atoms with van der Waals surface area (Å²) in [5, 5.41) is 3.98. The molecule has 3 rings (SSSR count). The maximum Gasteiger partial charge on any atom is 0.175 e. The van der Waals surface area contributed by atoms with E-state index in [2.05, 4.69) is 28.3 Å². The molecule has 0 amide bonds. The molecule has 0 saturated carbocycles. The van der Waals surface area contributed by atoms with Crippen molar-refractivity contribution < 1.29 is 8.42 Å². The largest absolute Gasteiger partial charge is 0.365 e. The van der Waals surface area contributed by atoms with Gasteiger partial charge in [0, 0.05) is 18.2 Å². The summed E-state index contributed by atoms with van der Waals surface area (Å²) in [5.74, 6) is 0.628. The number of nitrogens with zero attached hydrogens (tertiary/aromatic N) is 2. The monoisotopic (exact) mass is 327 g/mol. The van der Waals surface area contributed by atoms with Crippen LogP contribution in [0.2, 0.25) is 0 Å². The van der Waals surface area contributed by atoms with Crippen LogP contribution in [0, 0.1) is 6.92 Å². The van der Waals surface area contributed by atoms with Gasteiger partial charge in [-0.15, -0.1) is 0 Å². The number of anilines is 1. The van der Waals surface area contributed by atoms with Gasteiger partial charge in [-0.25, -0.2) is 18.4 Å². The Bertz CT molecular complexity index is 968. The highest BCUT2D eigenvalue weighted by atomic mass is 32.2. The molecule has 0 radical (unpaired) electrons. The summed E-state index contributed by atoms with van der Waals surface area (Å²) in [6.07, 6.45) is 2.67. The number of hydrogen-bond acceptors (Lipinski definition) is 5. The van der Waals surface area contributed by atoms with Gasteiger partial charge in [-0.05, 0) is 36.2 Å². The van der Waals surface area contributed by atoms with Gasteiger partial charge in [0.05, 0.1) is 10.4 Å². The number of sulfone groups is 1. The molecule has 0 saturated heterocycles. The lowest BCUT2D eigenvalue weighted by atomic mass is 10.1. The predicted molar refractivity (Wildman–Crippen MR) is 91.2 cm³/mol. The van der Waals surface area contributed by atoms with Crippen molar-refractivity contribution >= 4 is 26.6 Å². The second kappa shape index (κ2) is 5.96. The summed E-state index contributed by atoms with van der Waals surface area (Å²) in [6, 6.07) is 13.0. The molecule has 0 aliphatic heterocycles. The van der Waals surface area contributed by atoms with Gasteiger partial charge in [-0.1, -0.05) is 24.3 Å². The van der Waals surface area contributed by atoms with Gasteiger partial charge in [-0.2, -0.15) is 0 Å². The molecule has 1 heterocycles. The minimum absolute atomic E-state index is 0.263. The zero-order chi connectivity index (χ0) is 16.4. The summed E-state index contributed by atoms with van der Waals surface area (Å²) in [5.41, 5.74) is 3.06. The summed E-state index contributed by atoms with van der Waals surface area (Å²) >= 11 is 0. The third-order valence-corrected chi connectivity index (χ3v) is 4.85. The highest BCUT2D eigenvalue weighted by Gasteiger charge is 2.11. The zero-order valence-electron chi connectivity index (χ0n) is 12.9. The van der Waals surface area contributed by atoms with Crippen LogP contribution < -0.4 is 5.32 Å². The number of hydrogen-bond donors (Lipinski definition) is 1. The van der Waals surface area contributed by atoms with Crippen LogP contribution in [0.25, 0.3) is 10.9 Å². The average molecular weight is 327 g/mol. The highest BCUT2D eigenvalue weighted by Crippen LogP contribution is 2.23. The van der Waals surface area contributed by atoms with Crippen LogP contribution in [-0.4, -0.2) is 24.6 Å². The van der Waals surface area contributed by atoms with E-state index in [0.29, 0.717) is 23.3 Å². The number of nitrogens with one attached hydrogen (secondary N) is 1. The van der Waals surface area contributed by atoms with Gasteiger partial charge in [0.25, 0.3) is 0 Å². The maximum absolute atomic E-state index is 11.8. The normalized spacial score (nSPS) is 11.6. The van der Waals surface area contributed by atoms with Crippen molar-refractivity contribution in [1.82, 2.24) is 9.97 Å². The highest BCUT2D eigenvalue weighted by molar-refractivity contribution is 7.90. The lowest BCUT2D eigenvalue weighted by Gasteiger charge is -2.10. The maximum atomic E-state index is 11.8. The summed E-state index contributed by atoms with van der Waals surface area (Å²) < 4.78 is 23.5. The Morgan fingerprint density at radius 1 is 1.09 bits per heavy atom. The molecule has 0 fully saturated rings. The molecule has 0 unspecified atom stereocenters. The summed E-state index contributed by atoms with van der Waals surface area (Å²) in [4.78, 5) is 8.71. The molecule has 1 aromatic heterocycles. The van der Waals surface area contributed by atoms with Gasteiger partial charge < -0.3 is 5.32 Å². The molecule has 0 aliphatic rings. The molecule has 5 nitrogen and oxygen atoms in total. The first-order chi connectivity index (χ1) is 10.9. The lowest BCUT2D eigenvalue weighted by molar-refractivity contribution is 0.602. The Balaban J connectivity index is 1.99. The third kappa shape index (κ3) is 3.32. The number of aryl methyl sites for hydroxylation is 1. The fraction of sp³-hybridized carbons (Fsp3) is 0.176. The van der Waals surface area contributed by atoms with Crippen LogP contribution in [0.5, 0.6) is 0 Å². The summed E-state index contributed by atoms with van der Waals surface area (Å²) in [7, 11) is -3.27. The minimum atomic E-state index is -3.27. The molecule has 2 aromatic carbocycles. The first kappa shape index (κ1) is 15.4. The van der Waals surface area contributed by atoms with Crippen LogP contribution in [0.15, 0.2) is 53.7 Å². The van der Waals surface area contributed by atoms with Crippen molar-refractivity contribution in [2.75, 3.05) is 11.6 Å². The molecule has 23 heavy (non-hydrogen) atoms. The van der Waals surface area contributed by atoms with E-state index in [9.17, 15) is 8.42 Å². The van der Waals surface area contributed by atoms with Crippen LogP contribution in [0.3, 0.4) is 0 Å². The molecule has 6 heteroatoms. The van der Waals surface area contributed by atoms with Crippen molar-refractivity contribution in [3.63, 3.8) is 0 Å². The van der Waals surface area contributed by atoms with Crippen molar-refractivity contribution in [1.29, 1.82) is 0 Å². The van der Waals surface area contributed by atoms with Gasteiger partial charge >= 0.3 is 0 Å². The smallest absolute Gasteiger partial charge is 0.175 e. The van der Waals surface area contributed by atoms with Gasteiger partial charge in [-0.3, -0.25) is 0 Å². The molecular formula is C17H17N3O2S. The molecule has 118 valence electrons. The first-order valence-corrected chi connectivity index (χ1v) is 9.07. The third-order valence-electron chi connectivity index (χ3n) is 3.74. The number of benzene rings is 2. The van der Waals surface area contributed by atoms with E-state index in [1.807, 2.05) is 18.2 Å². The quantitative estimate of drug-likeness (QED) is 0.797. The van der Waals surface area contributed by atoms with E-state index in [4.69, 9.17) is 0 Å². The first-order valence-electron chi connectivity index (χ1n) is 7.18. The molecule has 0 atom stereocenters. The summed E-state index contributed by atoms with van der Waals surface area (Å²) in [6.45, 7) is 2.67. The molecule has 0 spiro atoms. The Morgan fingerprint density at radius 2 is 1.87 bits per heavy atom. The fourth-order valence-electron chi connectivity index (χ4n) is 2.39. The van der Waals surface area contributed by atoms with Crippen LogP contribution in [0.4, 0.5) is 5.82 Å². The average Bonchev–Trinajstić information content (AvgIpc) is 2.53. The Hall–Kier alpha value is -2.47. The van der Waals surface area contributed by atoms with Gasteiger partial charge in [0.15, 0.2) is 9.84 Å². The number of aromatic nitrogens is 2. The van der Waals surface area contributed by atoms with E-state index < -0.39 is 9.84 Å². The van der Waals surface area contributed by atoms with Crippen molar-refractivity contribution in [2.24, 2.45) is 0 Å². The van der Waals surface area contributed by atoms with Crippen molar-refractivity contribution in [3.8, 4) is 0 Å². The van der Waals surface area contributed by atoms with Crippen LogP contribution in [0.1, 0.15) is 11.1 Å². The molecule has 0 bridgehead atoms. The number of rotatable bonds is 4. The van der Waals surface area contributed by atoms with Crippen LogP contribution in [-0.2, 0) is 16.4 Å². The van der Waals surface area contributed by atoms with E-state index in [1.54, 1.807) is 18.2 Å². The van der Waals surface area contributed by atoms with E-state index in [-0.39, 0.29) is 4.90 Å². The van der Waals surface area contributed by atoms with Crippen molar-refractivity contribution in [3.05, 3.63) is 59.9 Å². The standard InChI is InChI=1S/C17H17N3O2S/c1-12-5-3-4-6-13(12)10-18-17-15-9-14(23(2,21)22)7-8-16(15)19-11-20-17/h3-9,11H,10H2,1-2H3,(H,18,19,20).